The molecular weight excluding hydrogens is 284 g/mol. The van der Waals surface area contributed by atoms with Gasteiger partial charge in [-0.25, -0.2) is 9.78 Å². The van der Waals surface area contributed by atoms with Gasteiger partial charge >= 0.3 is 5.97 Å². The molecule has 0 saturated heterocycles. The van der Waals surface area contributed by atoms with E-state index in [0.717, 1.165) is 0 Å². The second-order valence-corrected chi connectivity index (χ2v) is 4.40. The standard InChI is InChI=1S/C16H16N2O4/c1-21-15-12(9-6-10-17-15)14(19)18-13(16(20)22-2)11-7-4-3-5-8-11/h3-10,13H,1-2H3,(H,18,19). The monoisotopic (exact) mass is 300 g/mol. The number of rotatable bonds is 5. The minimum atomic E-state index is -0.899. The molecule has 1 aromatic heterocycles. The van der Waals surface area contributed by atoms with E-state index in [2.05, 4.69) is 10.3 Å². The second-order valence-electron chi connectivity index (χ2n) is 4.40. The molecule has 0 aliphatic carbocycles. The zero-order valence-corrected chi connectivity index (χ0v) is 12.3. The quantitative estimate of drug-likeness (QED) is 0.851. The lowest BCUT2D eigenvalue weighted by Gasteiger charge is -2.17. The average Bonchev–Trinajstić information content (AvgIpc) is 2.59. The summed E-state index contributed by atoms with van der Waals surface area (Å²) in [6.45, 7) is 0. The summed E-state index contributed by atoms with van der Waals surface area (Å²) in [5, 5.41) is 2.64. The van der Waals surface area contributed by atoms with Crippen LogP contribution in [-0.4, -0.2) is 31.1 Å². The molecule has 0 aliphatic heterocycles. The van der Waals surface area contributed by atoms with Crippen molar-refractivity contribution in [2.75, 3.05) is 14.2 Å². The first-order valence-corrected chi connectivity index (χ1v) is 6.60. The predicted octanol–water partition coefficient (Wildman–Crippen LogP) is 1.73. The highest BCUT2D eigenvalue weighted by atomic mass is 16.5. The molecule has 1 unspecified atom stereocenters. The van der Waals surface area contributed by atoms with E-state index in [9.17, 15) is 9.59 Å². The van der Waals surface area contributed by atoms with Gasteiger partial charge in [0.25, 0.3) is 5.91 Å². The van der Waals surface area contributed by atoms with Crippen LogP contribution in [0.25, 0.3) is 0 Å². The van der Waals surface area contributed by atoms with Crippen molar-refractivity contribution in [3.63, 3.8) is 0 Å². The average molecular weight is 300 g/mol. The summed E-state index contributed by atoms with van der Waals surface area (Å²) >= 11 is 0. The SMILES string of the molecule is COC(=O)C(NC(=O)c1cccnc1OC)c1ccccc1. The van der Waals surface area contributed by atoms with E-state index in [1.807, 2.05) is 6.07 Å². The van der Waals surface area contributed by atoms with Crippen molar-refractivity contribution >= 4 is 11.9 Å². The molecule has 22 heavy (non-hydrogen) atoms. The predicted molar refractivity (Wildman–Crippen MR) is 79.5 cm³/mol. The fourth-order valence-corrected chi connectivity index (χ4v) is 1.98. The lowest BCUT2D eigenvalue weighted by Crippen LogP contribution is -2.34. The number of benzene rings is 1. The zero-order chi connectivity index (χ0) is 15.9. The smallest absolute Gasteiger partial charge is 0.333 e. The number of nitrogens with zero attached hydrogens (tertiary/aromatic N) is 1. The lowest BCUT2D eigenvalue weighted by molar-refractivity contribution is -0.143. The van der Waals surface area contributed by atoms with Crippen LogP contribution in [0.4, 0.5) is 0 Å². The van der Waals surface area contributed by atoms with Gasteiger partial charge in [0.15, 0.2) is 6.04 Å². The van der Waals surface area contributed by atoms with Crippen LogP contribution in [0.3, 0.4) is 0 Å². The van der Waals surface area contributed by atoms with Crippen molar-refractivity contribution in [2.45, 2.75) is 6.04 Å². The fourth-order valence-electron chi connectivity index (χ4n) is 1.98. The largest absolute Gasteiger partial charge is 0.480 e. The molecule has 2 aromatic rings. The highest BCUT2D eigenvalue weighted by molar-refractivity contribution is 5.98. The number of carbonyl (C=O) groups is 2. The van der Waals surface area contributed by atoms with E-state index in [-0.39, 0.29) is 11.4 Å². The number of carbonyl (C=O) groups excluding carboxylic acids is 2. The number of aromatic nitrogens is 1. The molecule has 0 fully saturated rings. The van der Waals surface area contributed by atoms with Crippen molar-refractivity contribution in [3.05, 3.63) is 59.8 Å². The summed E-state index contributed by atoms with van der Waals surface area (Å²) in [7, 11) is 2.70. The molecule has 0 spiro atoms. The maximum absolute atomic E-state index is 12.4. The Morgan fingerprint density at radius 3 is 2.45 bits per heavy atom. The Kier molecular flexibility index (Phi) is 5.08. The van der Waals surface area contributed by atoms with E-state index in [1.54, 1.807) is 36.4 Å². The number of nitrogens with one attached hydrogen (secondary N) is 1. The molecule has 0 bridgehead atoms. The Bertz CT molecular complexity index is 658. The van der Waals surface area contributed by atoms with E-state index in [4.69, 9.17) is 9.47 Å². The van der Waals surface area contributed by atoms with Gasteiger partial charge in [-0.3, -0.25) is 4.79 Å². The molecule has 6 nitrogen and oxygen atoms in total. The Morgan fingerprint density at radius 1 is 1.09 bits per heavy atom. The summed E-state index contributed by atoms with van der Waals surface area (Å²) in [6.07, 6.45) is 1.52. The normalized spacial score (nSPS) is 11.4. The third kappa shape index (κ3) is 3.41. The summed E-state index contributed by atoms with van der Waals surface area (Å²) < 4.78 is 9.81. The van der Waals surface area contributed by atoms with Gasteiger partial charge < -0.3 is 14.8 Å². The van der Waals surface area contributed by atoms with Crippen LogP contribution >= 0.6 is 0 Å². The topological polar surface area (TPSA) is 77.5 Å². The third-order valence-electron chi connectivity index (χ3n) is 3.05. The maximum Gasteiger partial charge on any atom is 0.333 e. The van der Waals surface area contributed by atoms with Gasteiger partial charge in [0.2, 0.25) is 5.88 Å². The number of amides is 1. The highest BCUT2D eigenvalue weighted by Crippen LogP contribution is 2.18. The van der Waals surface area contributed by atoms with Crippen molar-refractivity contribution in [1.82, 2.24) is 10.3 Å². The Hall–Kier alpha value is -2.89. The molecular formula is C16H16N2O4. The number of ether oxygens (including phenoxy) is 2. The van der Waals surface area contributed by atoms with Crippen LogP contribution < -0.4 is 10.1 Å². The maximum atomic E-state index is 12.4. The number of hydrogen-bond acceptors (Lipinski definition) is 5. The molecule has 2 rings (SSSR count). The molecule has 0 aliphatic rings. The molecule has 114 valence electrons. The van der Waals surface area contributed by atoms with Gasteiger partial charge in [-0.1, -0.05) is 30.3 Å². The minimum Gasteiger partial charge on any atom is -0.480 e. The van der Waals surface area contributed by atoms with Gasteiger partial charge in [0, 0.05) is 6.20 Å². The molecule has 1 aromatic carbocycles. The lowest BCUT2D eigenvalue weighted by atomic mass is 10.1. The van der Waals surface area contributed by atoms with Crippen LogP contribution in [0.5, 0.6) is 5.88 Å². The van der Waals surface area contributed by atoms with Gasteiger partial charge in [-0.2, -0.15) is 0 Å². The summed E-state index contributed by atoms with van der Waals surface area (Å²) in [5.41, 5.74) is 0.875. The number of methoxy groups -OCH3 is 2. The van der Waals surface area contributed by atoms with Gasteiger partial charge in [0.1, 0.15) is 5.56 Å². The van der Waals surface area contributed by atoms with Gasteiger partial charge in [-0.05, 0) is 17.7 Å². The number of hydrogen-bond donors (Lipinski definition) is 1. The Labute approximate surface area is 128 Å². The molecule has 6 heteroatoms. The fraction of sp³-hybridized carbons (Fsp3) is 0.188. The molecule has 0 radical (unpaired) electrons. The first kappa shape index (κ1) is 15.5. The van der Waals surface area contributed by atoms with Gasteiger partial charge in [-0.15, -0.1) is 0 Å². The van der Waals surface area contributed by atoms with E-state index in [0.29, 0.717) is 5.56 Å². The van der Waals surface area contributed by atoms with Crippen LogP contribution in [-0.2, 0) is 9.53 Å². The number of esters is 1. The zero-order valence-electron chi connectivity index (χ0n) is 12.3. The summed E-state index contributed by atoms with van der Waals surface area (Å²) in [6, 6.07) is 11.1. The van der Waals surface area contributed by atoms with E-state index < -0.39 is 17.9 Å². The van der Waals surface area contributed by atoms with Crippen LogP contribution in [0, 0.1) is 0 Å². The van der Waals surface area contributed by atoms with Gasteiger partial charge in [0.05, 0.1) is 14.2 Å². The highest BCUT2D eigenvalue weighted by Gasteiger charge is 2.25. The summed E-state index contributed by atoms with van der Waals surface area (Å²) in [4.78, 5) is 28.3. The van der Waals surface area contributed by atoms with Crippen LogP contribution in [0.15, 0.2) is 48.7 Å². The van der Waals surface area contributed by atoms with Crippen molar-refractivity contribution < 1.29 is 19.1 Å². The third-order valence-corrected chi connectivity index (χ3v) is 3.05. The van der Waals surface area contributed by atoms with Crippen molar-refractivity contribution in [1.29, 1.82) is 0 Å². The van der Waals surface area contributed by atoms with Crippen LogP contribution in [0.2, 0.25) is 0 Å². The first-order chi connectivity index (χ1) is 10.7. The van der Waals surface area contributed by atoms with E-state index in [1.165, 1.54) is 20.4 Å². The van der Waals surface area contributed by atoms with Crippen molar-refractivity contribution in [3.8, 4) is 5.88 Å². The molecule has 1 heterocycles. The summed E-state index contributed by atoms with van der Waals surface area (Å²) in [5.74, 6) is -0.830. The van der Waals surface area contributed by atoms with E-state index >= 15 is 0 Å². The van der Waals surface area contributed by atoms with Crippen molar-refractivity contribution in [2.24, 2.45) is 0 Å². The first-order valence-electron chi connectivity index (χ1n) is 6.60. The Balaban J connectivity index is 2.27. The molecule has 1 amide bonds. The molecule has 0 saturated carbocycles. The Morgan fingerprint density at radius 2 is 1.82 bits per heavy atom. The minimum absolute atomic E-state index is 0.191. The molecule has 1 atom stereocenters. The molecule has 1 N–H and O–H groups in total. The second kappa shape index (κ2) is 7.21. The number of pyridine rings is 1. The van der Waals surface area contributed by atoms with Crippen LogP contribution in [0.1, 0.15) is 22.0 Å².